The number of nitrogens with zero attached hydrogens (tertiary/aromatic N) is 2. The molecule has 0 spiro atoms. The van der Waals surface area contributed by atoms with E-state index in [1.165, 1.54) is 6.21 Å². The Morgan fingerprint density at radius 2 is 2.33 bits per heavy atom. The number of rotatable bonds is 1. The molecule has 2 heterocycles. The fraction of sp³-hybridized carbons (Fsp3) is 0.462. The van der Waals surface area contributed by atoms with Crippen LogP contribution in [0.5, 0.6) is 5.88 Å². The minimum absolute atomic E-state index is 0.00273. The van der Waals surface area contributed by atoms with E-state index in [2.05, 4.69) is 0 Å². The van der Waals surface area contributed by atoms with Crippen molar-refractivity contribution in [1.29, 1.82) is 0 Å². The molecule has 1 aliphatic carbocycles. The van der Waals surface area contributed by atoms with Crippen LogP contribution in [0.4, 0.5) is 0 Å². The third-order valence-corrected chi connectivity index (χ3v) is 3.72. The third-order valence-electron chi connectivity index (χ3n) is 3.72. The van der Waals surface area contributed by atoms with E-state index in [0.717, 1.165) is 29.7 Å². The molecule has 2 aliphatic rings. The fourth-order valence-corrected chi connectivity index (χ4v) is 2.91. The maximum atomic E-state index is 12.1. The van der Waals surface area contributed by atoms with Crippen LogP contribution in [0.3, 0.4) is 0 Å². The highest BCUT2D eigenvalue weighted by atomic mass is 16.5. The highest BCUT2D eigenvalue weighted by Crippen LogP contribution is 2.39. The summed E-state index contributed by atoms with van der Waals surface area (Å²) in [5, 5.41) is 22.0. The normalized spacial score (nSPS) is 26.7. The van der Waals surface area contributed by atoms with Crippen LogP contribution in [0.15, 0.2) is 23.9 Å². The molecule has 0 fully saturated rings. The van der Waals surface area contributed by atoms with Gasteiger partial charge in [0, 0.05) is 13.2 Å². The Balaban J connectivity index is 2.18. The van der Waals surface area contributed by atoms with E-state index in [1.807, 2.05) is 6.08 Å². The Bertz CT molecular complexity index is 530. The van der Waals surface area contributed by atoms with Gasteiger partial charge in [-0.2, -0.15) is 4.74 Å². The van der Waals surface area contributed by atoms with Crippen molar-refractivity contribution in [3.8, 4) is 5.88 Å². The molecule has 0 radical (unpaired) electrons. The first-order valence-electron chi connectivity index (χ1n) is 6.16. The number of allylic oxidation sites excluding steroid dienone is 1. The minimum Gasteiger partial charge on any atom is -0.618 e. The molecular weight excluding hydrogens is 232 g/mol. The standard InChI is InChI=1S/C13H16N2O3/c1-18-13-10-4-2-3-5-11(10)14(17)8-9-6-7-12(16)15(9)13/h5-8,10,13,16H,2-4H2,1H3. The van der Waals surface area contributed by atoms with Crippen LogP contribution in [0.2, 0.25) is 0 Å². The molecule has 1 aromatic rings. The summed E-state index contributed by atoms with van der Waals surface area (Å²) in [6.45, 7) is 0. The molecule has 1 aromatic heterocycles. The average Bonchev–Trinajstić information content (AvgIpc) is 2.68. The molecule has 2 unspecified atom stereocenters. The number of ether oxygens (including phenoxy) is 1. The molecule has 0 bridgehead atoms. The van der Waals surface area contributed by atoms with Gasteiger partial charge in [0.2, 0.25) is 6.21 Å². The SMILES string of the molecule is COC1C2CCCC=C2[N+]([O-])=Cc2ccc(O)n21. The molecule has 5 nitrogen and oxygen atoms in total. The summed E-state index contributed by atoms with van der Waals surface area (Å²) in [4.78, 5) is 0. The number of hydrogen-bond acceptors (Lipinski definition) is 3. The summed E-state index contributed by atoms with van der Waals surface area (Å²) < 4.78 is 8.12. The van der Waals surface area contributed by atoms with Gasteiger partial charge in [-0.15, -0.1) is 0 Å². The van der Waals surface area contributed by atoms with E-state index in [9.17, 15) is 10.3 Å². The predicted octanol–water partition coefficient (Wildman–Crippen LogP) is 1.97. The van der Waals surface area contributed by atoms with Gasteiger partial charge in [0.1, 0.15) is 11.9 Å². The van der Waals surface area contributed by atoms with Gasteiger partial charge in [0.25, 0.3) is 0 Å². The number of hydrogen-bond donors (Lipinski definition) is 1. The van der Waals surface area contributed by atoms with Crippen molar-refractivity contribution < 1.29 is 14.6 Å². The highest BCUT2D eigenvalue weighted by molar-refractivity contribution is 5.75. The first-order chi connectivity index (χ1) is 8.72. The molecule has 0 saturated carbocycles. The Hall–Kier alpha value is -1.75. The Morgan fingerprint density at radius 3 is 3.11 bits per heavy atom. The summed E-state index contributed by atoms with van der Waals surface area (Å²) in [7, 11) is 1.61. The highest BCUT2D eigenvalue weighted by Gasteiger charge is 2.37. The lowest BCUT2D eigenvalue weighted by atomic mass is 9.90. The number of aromatic hydroxyl groups is 1. The number of fused-ring (bicyclic) bond motifs is 2. The van der Waals surface area contributed by atoms with E-state index in [1.54, 1.807) is 23.8 Å². The van der Waals surface area contributed by atoms with Crippen LogP contribution in [-0.4, -0.2) is 27.7 Å². The zero-order valence-corrected chi connectivity index (χ0v) is 10.2. The van der Waals surface area contributed by atoms with Gasteiger partial charge in [-0.05, 0) is 31.4 Å². The largest absolute Gasteiger partial charge is 0.618 e. The van der Waals surface area contributed by atoms with Crippen molar-refractivity contribution in [2.45, 2.75) is 25.5 Å². The second kappa shape index (κ2) is 4.17. The Kier molecular flexibility index (Phi) is 2.63. The van der Waals surface area contributed by atoms with Crippen molar-refractivity contribution in [2.24, 2.45) is 5.92 Å². The van der Waals surface area contributed by atoms with Gasteiger partial charge in [-0.1, -0.05) is 0 Å². The summed E-state index contributed by atoms with van der Waals surface area (Å²) in [5.41, 5.74) is 1.42. The predicted molar refractivity (Wildman–Crippen MR) is 66.4 cm³/mol. The van der Waals surface area contributed by atoms with E-state index >= 15 is 0 Å². The maximum absolute atomic E-state index is 12.1. The van der Waals surface area contributed by atoms with Crippen molar-refractivity contribution in [3.63, 3.8) is 0 Å². The molecule has 0 amide bonds. The first-order valence-corrected chi connectivity index (χ1v) is 6.16. The molecule has 96 valence electrons. The lowest BCUT2D eigenvalue weighted by Gasteiger charge is -2.28. The van der Waals surface area contributed by atoms with Crippen molar-refractivity contribution in [1.82, 2.24) is 4.57 Å². The van der Waals surface area contributed by atoms with Gasteiger partial charge in [-0.3, -0.25) is 4.57 Å². The third kappa shape index (κ3) is 1.54. The molecule has 0 aromatic carbocycles. The first kappa shape index (κ1) is 11.3. The monoisotopic (exact) mass is 248 g/mol. The minimum atomic E-state index is -0.322. The van der Waals surface area contributed by atoms with Crippen LogP contribution >= 0.6 is 0 Å². The van der Waals surface area contributed by atoms with Crippen LogP contribution < -0.4 is 0 Å². The lowest BCUT2D eigenvalue weighted by Crippen LogP contribution is -2.25. The number of aromatic nitrogens is 1. The zero-order chi connectivity index (χ0) is 12.7. The van der Waals surface area contributed by atoms with Gasteiger partial charge in [0.05, 0.1) is 5.92 Å². The molecule has 1 aliphatic heterocycles. The maximum Gasteiger partial charge on any atom is 0.204 e. The molecule has 5 heteroatoms. The summed E-state index contributed by atoms with van der Waals surface area (Å²) in [5.74, 6) is 0.130. The molecule has 1 N–H and O–H groups in total. The Labute approximate surface area is 105 Å². The van der Waals surface area contributed by atoms with Gasteiger partial charge >= 0.3 is 0 Å². The molecule has 3 rings (SSSR count). The second-order valence-corrected chi connectivity index (χ2v) is 4.73. The number of hydroxylamine groups is 1. The van der Waals surface area contributed by atoms with Crippen molar-refractivity contribution in [3.05, 3.63) is 34.8 Å². The van der Waals surface area contributed by atoms with Gasteiger partial charge in [0.15, 0.2) is 11.6 Å². The fourth-order valence-electron chi connectivity index (χ4n) is 2.91. The van der Waals surface area contributed by atoms with Crippen molar-refractivity contribution in [2.75, 3.05) is 7.11 Å². The molecule has 2 atom stereocenters. The zero-order valence-electron chi connectivity index (χ0n) is 10.2. The van der Waals surface area contributed by atoms with Crippen molar-refractivity contribution >= 4 is 6.21 Å². The second-order valence-electron chi connectivity index (χ2n) is 4.73. The van der Waals surface area contributed by atoms with Crippen LogP contribution in [0, 0.1) is 11.1 Å². The van der Waals surface area contributed by atoms with Crippen LogP contribution in [0.25, 0.3) is 0 Å². The van der Waals surface area contributed by atoms with E-state index in [-0.39, 0.29) is 18.0 Å². The lowest BCUT2D eigenvalue weighted by molar-refractivity contribution is -0.409. The average molecular weight is 248 g/mol. The molecule has 0 saturated heterocycles. The summed E-state index contributed by atoms with van der Waals surface area (Å²) >= 11 is 0. The van der Waals surface area contributed by atoms with E-state index < -0.39 is 0 Å². The topological polar surface area (TPSA) is 60.5 Å². The quantitative estimate of drug-likeness (QED) is 0.610. The molecule has 18 heavy (non-hydrogen) atoms. The Morgan fingerprint density at radius 1 is 1.50 bits per heavy atom. The summed E-state index contributed by atoms with van der Waals surface area (Å²) in [6.07, 6.45) is 6.02. The van der Waals surface area contributed by atoms with E-state index in [4.69, 9.17) is 4.74 Å². The van der Waals surface area contributed by atoms with Gasteiger partial charge < -0.3 is 15.1 Å². The van der Waals surface area contributed by atoms with E-state index in [0.29, 0.717) is 5.69 Å². The van der Waals surface area contributed by atoms with Crippen LogP contribution in [-0.2, 0) is 4.74 Å². The smallest absolute Gasteiger partial charge is 0.204 e. The molecular formula is C13H16N2O3. The number of methoxy groups -OCH3 is 1. The van der Waals surface area contributed by atoms with Gasteiger partial charge in [-0.25, -0.2) is 0 Å². The van der Waals surface area contributed by atoms with Crippen LogP contribution in [0.1, 0.15) is 31.2 Å². The summed E-state index contributed by atoms with van der Waals surface area (Å²) in [6, 6.07) is 3.31.